The highest BCUT2D eigenvalue weighted by atomic mass is 79.9. The number of rotatable bonds is 2. The molecule has 0 radical (unpaired) electrons. The van der Waals surface area contributed by atoms with Crippen molar-refractivity contribution in [3.63, 3.8) is 0 Å². The lowest BCUT2D eigenvalue weighted by molar-refractivity contribution is 0.964. The zero-order valence-electron chi connectivity index (χ0n) is 11.3. The average Bonchev–Trinajstić information content (AvgIpc) is 2.49. The van der Waals surface area contributed by atoms with Crippen LogP contribution in [0, 0.1) is 0 Å². The Morgan fingerprint density at radius 1 is 0.750 bits per heavy atom. The van der Waals surface area contributed by atoms with E-state index < -0.39 is 0 Å². The van der Waals surface area contributed by atoms with E-state index in [-0.39, 0.29) is 0 Å². The van der Waals surface area contributed by atoms with Gasteiger partial charge in [-0.25, -0.2) is 0 Å². The minimum Gasteiger partial charge on any atom is -0.281 e. The summed E-state index contributed by atoms with van der Waals surface area (Å²) in [5.41, 5.74) is 5.50. The summed E-state index contributed by atoms with van der Waals surface area (Å²) in [4.78, 5) is 9.36. The number of benzene rings is 2. The van der Waals surface area contributed by atoms with Crippen LogP contribution in [0.15, 0.2) is 63.0 Å². The van der Waals surface area contributed by atoms with E-state index in [2.05, 4.69) is 70.2 Å². The van der Waals surface area contributed by atoms with Crippen molar-refractivity contribution in [3.8, 4) is 0 Å². The predicted molar refractivity (Wildman–Crippen MR) is 91.6 cm³/mol. The van der Waals surface area contributed by atoms with Gasteiger partial charge >= 0.3 is 0 Å². The molecule has 1 heterocycles. The Morgan fingerprint density at radius 3 is 1.70 bits per heavy atom. The summed E-state index contributed by atoms with van der Waals surface area (Å²) in [6.45, 7) is 1.53. The molecular formula is C16H14BBrN2. The van der Waals surface area contributed by atoms with Crippen LogP contribution in [0.4, 0.5) is 0 Å². The maximum absolute atomic E-state index is 4.68. The van der Waals surface area contributed by atoms with Gasteiger partial charge in [-0.2, -0.15) is 0 Å². The van der Waals surface area contributed by atoms with Crippen LogP contribution < -0.4 is 5.46 Å². The lowest BCUT2D eigenvalue weighted by atomic mass is 9.92. The van der Waals surface area contributed by atoms with Crippen LogP contribution in [0.1, 0.15) is 11.1 Å². The molecule has 0 bridgehead atoms. The van der Waals surface area contributed by atoms with Crippen LogP contribution in [-0.4, -0.2) is 32.4 Å². The molecule has 98 valence electrons. The van der Waals surface area contributed by atoms with Crippen LogP contribution in [0.3, 0.4) is 0 Å². The molecule has 2 nitrogen and oxygen atoms in total. The summed E-state index contributed by atoms with van der Waals surface area (Å²) in [6, 6.07) is 16.7. The smallest absolute Gasteiger partial charge is 0.139 e. The van der Waals surface area contributed by atoms with Gasteiger partial charge in [-0.3, -0.25) is 9.98 Å². The maximum atomic E-state index is 4.68. The molecule has 2 aromatic rings. The fraction of sp³-hybridized carbons (Fsp3) is 0.125. The molecule has 4 heteroatoms. The molecule has 0 fully saturated rings. The highest BCUT2D eigenvalue weighted by Crippen LogP contribution is 2.16. The molecule has 0 saturated heterocycles. The quantitative estimate of drug-likeness (QED) is 0.755. The van der Waals surface area contributed by atoms with Gasteiger partial charge < -0.3 is 0 Å². The van der Waals surface area contributed by atoms with Crippen LogP contribution >= 0.6 is 15.9 Å². The molecule has 0 aliphatic carbocycles. The van der Waals surface area contributed by atoms with Crippen molar-refractivity contribution in [3.05, 3.63) is 64.1 Å². The molecule has 20 heavy (non-hydrogen) atoms. The fourth-order valence-corrected chi connectivity index (χ4v) is 2.51. The second-order valence-corrected chi connectivity index (χ2v) is 5.75. The van der Waals surface area contributed by atoms with Gasteiger partial charge in [-0.05, 0) is 12.1 Å². The molecular weight excluding hydrogens is 311 g/mol. The highest BCUT2D eigenvalue weighted by Gasteiger charge is 2.16. The van der Waals surface area contributed by atoms with E-state index in [4.69, 9.17) is 0 Å². The Balaban J connectivity index is 2.01. The van der Waals surface area contributed by atoms with Crippen LogP contribution in [-0.2, 0) is 0 Å². The average molecular weight is 325 g/mol. The van der Waals surface area contributed by atoms with E-state index in [0.29, 0.717) is 0 Å². The molecule has 0 spiro atoms. The number of halogens is 1. The number of aliphatic imine (C=N–C) groups is 2. The van der Waals surface area contributed by atoms with E-state index in [1.54, 1.807) is 0 Å². The Morgan fingerprint density at radius 2 is 1.20 bits per heavy atom. The first-order valence-corrected chi connectivity index (χ1v) is 7.45. The van der Waals surface area contributed by atoms with E-state index in [1.165, 1.54) is 5.46 Å². The Kier molecular flexibility index (Phi) is 3.83. The summed E-state index contributed by atoms with van der Waals surface area (Å²) in [6.07, 6.45) is 0. The third-order valence-corrected chi connectivity index (χ3v) is 3.84. The summed E-state index contributed by atoms with van der Waals surface area (Å²) >= 11 is 3.47. The van der Waals surface area contributed by atoms with Gasteiger partial charge in [-0.15, -0.1) is 0 Å². The standard InChI is InChI=1S/C16H14BBrN2/c17-13-5-1-11(2-6-13)15-16(20-10-9-19-15)12-3-7-14(18)8-4-12/h1-8H,9-10,17H2. The van der Waals surface area contributed by atoms with Crippen molar-refractivity contribution < 1.29 is 0 Å². The number of hydrogen-bond acceptors (Lipinski definition) is 2. The second-order valence-electron chi connectivity index (χ2n) is 4.83. The summed E-state index contributed by atoms with van der Waals surface area (Å²) in [5.74, 6) is 0. The largest absolute Gasteiger partial charge is 0.281 e. The molecule has 0 unspecified atom stereocenters. The molecule has 2 aromatic carbocycles. The lowest BCUT2D eigenvalue weighted by Crippen LogP contribution is -2.23. The van der Waals surface area contributed by atoms with Crippen molar-refractivity contribution in [1.82, 2.24) is 0 Å². The van der Waals surface area contributed by atoms with E-state index >= 15 is 0 Å². The zero-order chi connectivity index (χ0) is 13.9. The van der Waals surface area contributed by atoms with Gasteiger partial charge in [-0.1, -0.05) is 57.8 Å². The normalized spacial score (nSPS) is 14.7. The van der Waals surface area contributed by atoms with Gasteiger partial charge in [0.05, 0.1) is 24.5 Å². The third-order valence-electron chi connectivity index (χ3n) is 3.31. The van der Waals surface area contributed by atoms with Gasteiger partial charge in [0.25, 0.3) is 0 Å². The SMILES string of the molecule is Bc1ccc(C2=NCCN=C2c2ccc(Br)cc2)cc1. The summed E-state index contributed by atoms with van der Waals surface area (Å²) < 4.78 is 1.08. The number of nitrogens with zero attached hydrogens (tertiary/aromatic N) is 2. The van der Waals surface area contributed by atoms with Gasteiger partial charge in [0.1, 0.15) is 7.85 Å². The van der Waals surface area contributed by atoms with Crippen molar-refractivity contribution in [2.75, 3.05) is 13.1 Å². The van der Waals surface area contributed by atoms with Gasteiger partial charge in [0.2, 0.25) is 0 Å². The molecule has 3 rings (SSSR count). The first-order valence-electron chi connectivity index (χ1n) is 6.66. The molecule has 1 aliphatic heterocycles. The zero-order valence-corrected chi connectivity index (χ0v) is 12.9. The van der Waals surface area contributed by atoms with Crippen LogP contribution in [0.5, 0.6) is 0 Å². The Bertz CT molecular complexity index is 611. The Hall–Kier alpha value is -1.68. The van der Waals surface area contributed by atoms with E-state index in [9.17, 15) is 0 Å². The van der Waals surface area contributed by atoms with Crippen molar-refractivity contribution >= 4 is 40.7 Å². The van der Waals surface area contributed by atoms with E-state index in [0.717, 1.165) is 40.1 Å². The summed E-state index contributed by atoms with van der Waals surface area (Å²) in [7, 11) is 2.09. The Labute approximate surface area is 128 Å². The molecule has 0 atom stereocenters. The van der Waals surface area contributed by atoms with Crippen molar-refractivity contribution in [2.24, 2.45) is 9.98 Å². The molecule has 0 aromatic heterocycles. The molecule has 0 N–H and O–H groups in total. The first kappa shape index (κ1) is 13.3. The monoisotopic (exact) mass is 324 g/mol. The second kappa shape index (κ2) is 5.75. The van der Waals surface area contributed by atoms with Gasteiger partial charge in [0, 0.05) is 15.6 Å². The first-order chi connectivity index (χ1) is 9.74. The molecule has 1 aliphatic rings. The van der Waals surface area contributed by atoms with E-state index in [1.807, 2.05) is 12.1 Å². The third kappa shape index (κ3) is 2.75. The lowest BCUT2D eigenvalue weighted by Gasteiger charge is -2.15. The van der Waals surface area contributed by atoms with Crippen LogP contribution in [0.25, 0.3) is 0 Å². The van der Waals surface area contributed by atoms with Crippen molar-refractivity contribution in [2.45, 2.75) is 0 Å². The summed E-state index contributed by atoms with van der Waals surface area (Å²) in [5, 5.41) is 0. The minimum absolute atomic E-state index is 0.765. The predicted octanol–water partition coefficient (Wildman–Crippen LogP) is 2.00. The maximum Gasteiger partial charge on any atom is 0.139 e. The topological polar surface area (TPSA) is 24.7 Å². The minimum atomic E-state index is 0.765. The van der Waals surface area contributed by atoms with Gasteiger partial charge in [0.15, 0.2) is 0 Å². The molecule has 0 saturated carbocycles. The fourth-order valence-electron chi connectivity index (χ4n) is 2.25. The number of hydrogen-bond donors (Lipinski definition) is 0. The van der Waals surface area contributed by atoms with Crippen molar-refractivity contribution in [1.29, 1.82) is 0 Å². The highest BCUT2D eigenvalue weighted by molar-refractivity contribution is 9.10. The van der Waals surface area contributed by atoms with Crippen LogP contribution in [0.2, 0.25) is 0 Å². The molecule has 0 amide bonds.